The Balaban J connectivity index is 2.13. The lowest BCUT2D eigenvalue weighted by atomic mass is 9.91. The van der Waals surface area contributed by atoms with E-state index in [2.05, 4.69) is 35.9 Å². The molecule has 0 N–H and O–H groups in total. The van der Waals surface area contributed by atoms with Gasteiger partial charge >= 0.3 is 0 Å². The summed E-state index contributed by atoms with van der Waals surface area (Å²) in [5.74, 6) is 0. The lowest BCUT2D eigenvalue weighted by Crippen LogP contribution is -2.25. The lowest BCUT2D eigenvalue weighted by Gasteiger charge is -2.22. The van der Waals surface area contributed by atoms with Gasteiger partial charge in [-0.1, -0.05) is 25.4 Å². The minimum absolute atomic E-state index is 0.0388. The first-order chi connectivity index (χ1) is 8.97. The molecule has 0 spiro atoms. The lowest BCUT2D eigenvalue weighted by molar-refractivity contribution is 0.552. The Morgan fingerprint density at radius 2 is 2.05 bits per heavy atom. The molecular formula is C15H16ClN3. The second-order valence-corrected chi connectivity index (χ2v) is 6.01. The predicted octanol–water partition coefficient (Wildman–Crippen LogP) is 3.87. The van der Waals surface area contributed by atoms with Gasteiger partial charge in [-0.15, -0.1) is 0 Å². The minimum atomic E-state index is 0.0388. The van der Waals surface area contributed by atoms with Crippen molar-refractivity contribution in [1.29, 1.82) is 0 Å². The fraction of sp³-hybridized carbons (Fsp3) is 0.333. The molecule has 0 saturated carbocycles. The van der Waals surface area contributed by atoms with Crippen molar-refractivity contribution in [3.63, 3.8) is 0 Å². The summed E-state index contributed by atoms with van der Waals surface area (Å²) in [7, 11) is 0. The van der Waals surface area contributed by atoms with E-state index in [0.29, 0.717) is 5.15 Å². The summed E-state index contributed by atoms with van der Waals surface area (Å²) in [5.41, 5.74) is 4.48. The fourth-order valence-corrected chi connectivity index (χ4v) is 2.78. The molecule has 0 aromatic carbocycles. The van der Waals surface area contributed by atoms with Crippen LogP contribution in [-0.4, -0.2) is 16.5 Å². The van der Waals surface area contributed by atoms with Crippen LogP contribution in [0.15, 0.2) is 30.5 Å². The third-order valence-corrected chi connectivity index (χ3v) is 3.73. The summed E-state index contributed by atoms with van der Waals surface area (Å²) in [6.45, 7) is 7.38. The molecule has 1 aliphatic heterocycles. The smallest absolute Gasteiger partial charge is 0.131 e. The minimum Gasteiger partial charge on any atom is -0.339 e. The first-order valence-corrected chi connectivity index (χ1v) is 6.72. The highest BCUT2D eigenvalue weighted by Gasteiger charge is 2.37. The Bertz CT molecular complexity index is 637. The first-order valence-electron chi connectivity index (χ1n) is 6.35. The summed E-state index contributed by atoms with van der Waals surface area (Å²) < 4.78 is 0. The van der Waals surface area contributed by atoms with Gasteiger partial charge in [0.15, 0.2) is 0 Å². The molecular weight excluding hydrogens is 258 g/mol. The molecule has 0 bridgehead atoms. The van der Waals surface area contributed by atoms with E-state index in [1.165, 1.54) is 0 Å². The van der Waals surface area contributed by atoms with Crippen LogP contribution < -0.4 is 4.90 Å². The van der Waals surface area contributed by atoms with E-state index in [1.54, 1.807) is 6.20 Å². The number of rotatable bonds is 1. The molecule has 0 fully saturated rings. The molecule has 0 radical (unpaired) electrons. The van der Waals surface area contributed by atoms with Gasteiger partial charge < -0.3 is 4.90 Å². The molecule has 3 nitrogen and oxygen atoms in total. The van der Waals surface area contributed by atoms with Gasteiger partial charge in [-0.2, -0.15) is 0 Å². The molecule has 0 saturated heterocycles. The molecule has 2 aromatic rings. The van der Waals surface area contributed by atoms with Crippen molar-refractivity contribution in [2.24, 2.45) is 0 Å². The van der Waals surface area contributed by atoms with Crippen LogP contribution in [0, 0.1) is 6.92 Å². The second-order valence-electron chi connectivity index (χ2n) is 5.63. The molecule has 0 atom stereocenters. The highest BCUT2D eigenvalue weighted by atomic mass is 35.5. The molecule has 3 rings (SSSR count). The molecule has 0 amide bonds. The number of hydrogen-bond donors (Lipinski definition) is 0. The Kier molecular flexibility index (Phi) is 2.75. The zero-order valence-electron chi connectivity index (χ0n) is 11.3. The maximum absolute atomic E-state index is 5.99. The highest BCUT2D eigenvalue weighted by molar-refractivity contribution is 6.29. The monoisotopic (exact) mass is 273 g/mol. The number of aryl methyl sites for hydroxylation is 1. The Morgan fingerprint density at radius 3 is 2.79 bits per heavy atom. The van der Waals surface area contributed by atoms with Gasteiger partial charge in [-0.3, -0.25) is 4.98 Å². The van der Waals surface area contributed by atoms with Crippen molar-refractivity contribution in [3.8, 4) is 0 Å². The SMILES string of the molecule is Cc1ccc2c(n1)C(C)(C)CN2c1ccnc(Cl)c1. The van der Waals surface area contributed by atoms with Crippen LogP contribution in [0.1, 0.15) is 25.2 Å². The van der Waals surface area contributed by atoms with Crippen molar-refractivity contribution < 1.29 is 0 Å². The van der Waals surface area contributed by atoms with Gasteiger partial charge in [0.25, 0.3) is 0 Å². The van der Waals surface area contributed by atoms with E-state index in [0.717, 1.165) is 29.3 Å². The average molecular weight is 274 g/mol. The van der Waals surface area contributed by atoms with Gasteiger partial charge in [0.1, 0.15) is 5.15 Å². The topological polar surface area (TPSA) is 29.0 Å². The van der Waals surface area contributed by atoms with Gasteiger partial charge in [0.05, 0.1) is 11.4 Å². The summed E-state index contributed by atoms with van der Waals surface area (Å²) in [5, 5.41) is 0.517. The van der Waals surface area contributed by atoms with Gasteiger partial charge in [0, 0.05) is 29.5 Å². The molecule has 1 aliphatic rings. The number of fused-ring (bicyclic) bond motifs is 1. The van der Waals surface area contributed by atoms with Crippen LogP contribution in [0.25, 0.3) is 0 Å². The van der Waals surface area contributed by atoms with Crippen molar-refractivity contribution in [1.82, 2.24) is 9.97 Å². The maximum atomic E-state index is 5.99. The largest absolute Gasteiger partial charge is 0.339 e. The quantitative estimate of drug-likeness (QED) is 0.739. The molecule has 2 aromatic heterocycles. The van der Waals surface area contributed by atoms with Crippen LogP contribution in [0.5, 0.6) is 0 Å². The van der Waals surface area contributed by atoms with E-state index in [4.69, 9.17) is 16.6 Å². The van der Waals surface area contributed by atoms with Gasteiger partial charge in [-0.05, 0) is 31.2 Å². The van der Waals surface area contributed by atoms with Crippen LogP contribution in [0.2, 0.25) is 5.15 Å². The number of halogens is 1. The molecule has 98 valence electrons. The Hall–Kier alpha value is -1.61. The van der Waals surface area contributed by atoms with Gasteiger partial charge in [-0.25, -0.2) is 4.98 Å². The maximum Gasteiger partial charge on any atom is 0.131 e. The summed E-state index contributed by atoms with van der Waals surface area (Å²) in [4.78, 5) is 11.0. The number of anilines is 2. The Labute approximate surface area is 118 Å². The van der Waals surface area contributed by atoms with Crippen LogP contribution in [0.3, 0.4) is 0 Å². The van der Waals surface area contributed by atoms with E-state index in [1.807, 2.05) is 19.1 Å². The highest BCUT2D eigenvalue weighted by Crippen LogP contribution is 2.43. The average Bonchev–Trinajstić information content (AvgIpc) is 2.61. The van der Waals surface area contributed by atoms with Crippen LogP contribution in [0.4, 0.5) is 11.4 Å². The van der Waals surface area contributed by atoms with Crippen LogP contribution in [-0.2, 0) is 5.41 Å². The molecule has 0 unspecified atom stereocenters. The third-order valence-electron chi connectivity index (χ3n) is 3.52. The molecule has 4 heteroatoms. The molecule has 19 heavy (non-hydrogen) atoms. The zero-order valence-corrected chi connectivity index (χ0v) is 12.1. The molecule has 0 aliphatic carbocycles. The normalized spacial score (nSPS) is 16.5. The van der Waals surface area contributed by atoms with Crippen molar-refractivity contribution >= 4 is 23.0 Å². The van der Waals surface area contributed by atoms with Crippen LogP contribution >= 0.6 is 11.6 Å². The predicted molar refractivity (Wildman–Crippen MR) is 78.3 cm³/mol. The van der Waals surface area contributed by atoms with E-state index < -0.39 is 0 Å². The number of pyridine rings is 2. The molecule has 3 heterocycles. The second kappa shape index (κ2) is 4.20. The van der Waals surface area contributed by atoms with E-state index >= 15 is 0 Å². The summed E-state index contributed by atoms with van der Waals surface area (Å²) in [6.07, 6.45) is 1.74. The van der Waals surface area contributed by atoms with Crippen molar-refractivity contribution in [3.05, 3.63) is 47.0 Å². The zero-order chi connectivity index (χ0) is 13.6. The van der Waals surface area contributed by atoms with E-state index in [-0.39, 0.29) is 5.41 Å². The first kappa shape index (κ1) is 12.4. The summed E-state index contributed by atoms with van der Waals surface area (Å²) >= 11 is 5.99. The van der Waals surface area contributed by atoms with Gasteiger partial charge in [0.2, 0.25) is 0 Å². The Morgan fingerprint density at radius 1 is 1.26 bits per heavy atom. The summed E-state index contributed by atoms with van der Waals surface area (Å²) in [6, 6.07) is 8.07. The van der Waals surface area contributed by atoms with E-state index in [9.17, 15) is 0 Å². The van der Waals surface area contributed by atoms with Crippen molar-refractivity contribution in [2.75, 3.05) is 11.4 Å². The number of nitrogens with zero attached hydrogens (tertiary/aromatic N) is 3. The van der Waals surface area contributed by atoms with Crippen molar-refractivity contribution in [2.45, 2.75) is 26.2 Å². The standard InChI is InChI=1S/C15H16ClN3/c1-10-4-5-12-14(18-10)15(2,3)9-19(12)11-6-7-17-13(16)8-11/h4-8H,9H2,1-3H3. The third kappa shape index (κ3) is 2.08. The number of aromatic nitrogens is 2. The number of hydrogen-bond acceptors (Lipinski definition) is 3. The fourth-order valence-electron chi connectivity index (χ4n) is 2.61.